The van der Waals surface area contributed by atoms with Gasteiger partial charge in [-0.25, -0.2) is 0 Å². The molecule has 0 radical (unpaired) electrons. The summed E-state index contributed by atoms with van der Waals surface area (Å²) in [5.74, 6) is -0.442. The minimum Gasteiger partial charge on any atom is -0.366 e. The van der Waals surface area contributed by atoms with Crippen molar-refractivity contribution in [2.45, 2.75) is 0 Å². The molecule has 1 heterocycles. The summed E-state index contributed by atoms with van der Waals surface area (Å²) < 4.78 is 0. The second kappa shape index (κ2) is 2.26. The number of amides is 1. The lowest BCUT2D eigenvalue weighted by Gasteiger charge is -1.88. The Hall–Kier alpha value is -1.38. The van der Waals surface area contributed by atoms with Gasteiger partial charge in [0.2, 0.25) is 5.91 Å². The lowest BCUT2D eigenvalue weighted by Crippen LogP contribution is -2.10. The highest BCUT2D eigenvalue weighted by Gasteiger charge is 1.94. The van der Waals surface area contributed by atoms with Crippen LogP contribution in [-0.2, 0) is 0 Å². The maximum atomic E-state index is 10.4. The van der Waals surface area contributed by atoms with E-state index in [0.717, 1.165) is 0 Å². The molecule has 0 spiro atoms. The van der Waals surface area contributed by atoms with Crippen LogP contribution in [0.4, 0.5) is 0 Å². The summed E-state index contributed by atoms with van der Waals surface area (Å²) in [6, 6.07) is 3.29. The minimum absolute atomic E-state index is 0.442. The first kappa shape index (κ1) is 5.75. The molecule has 3 nitrogen and oxygen atoms in total. The van der Waals surface area contributed by atoms with E-state index in [4.69, 9.17) is 5.73 Å². The van der Waals surface area contributed by atoms with E-state index in [2.05, 4.69) is 4.98 Å². The monoisotopic (exact) mass is 121 g/mol. The van der Waals surface area contributed by atoms with Gasteiger partial charge in [-0.1, -0.05) is 0 Å². The van der Waals surface area contributed by atoms with Crippen LogP contribution < -0.4 is 5.73 Å². The smallest absolute Gasteiger partial charge is 0.250 e. The summed E-state index contributed by atoms with van der Waals surface area (Å²) in [5, 5.41) is 0. The van der Waals surface area contributed by atoms with Gasteiger partial charge in [-0.15, -0.1) is 0 Å². The standard InChI is InChI=1S/C6H6N2O/c7-6(9)5-2-1-3-8-4-5/h1-4H,(H2,7,9)/i7-1. The highest BCUT2D eigenvalue weighted by atomic mass is 16.1. The zero-order chi connectivity index (χ0) is 6.69. The molecule has 1 aromatic heterocycles. The molecular weight excluding hydrogens is 115 g/mol. The van der Waals surface area contributed by atoms with E-state index >= 15 is 0 Å². The van der Waals surface area contributed by atoms with Gasteiger partial charge in [0.25, 0.3) is 0 Å². The van der Waals surface area contributed by atoms with E-state index in [-0.39, 0.29) is 0 Å². The van der Waals surface area contributed by atoms with Crippen molar-refractivity contribution in [2.24, 2.45) is 5.73 Å². The fraction of sp³-hybridized carbons (Fsp3) is 0. The first-order valence-corrected chi connectivity index (χ1v) is 2.50. The molecule has 1 aromatic rings. The molecule has 0 saturated carbocycles. The molecule has 0 unspecified atom stereocenters. The van der Waals surface area contributed by atoms with Gasteiger partial charge in [0.15, 0.2) is 0 Å². The molecule has 0 aliphatic carbocycles. The number of primary amides is 1. The number of pyridine rings is 1. The zero-order valence-electron chi connectivity index (χ0n) is 4.74. The van der Waals surface area contributed by atoms with Crippen LogP contribution in [0.25, 0.3) is 0 Å². The Morgan fingerprint density at radius 1 is 1.67 bits per heavy atom. The second-order valence-electron chi connectivity index (χ2n) is 1.61. The molecule has 0 atom stereocenters. The van der Waals surface area contributed by atoms with Crippen LogP contribution in [0.3, 0.4) is 0 Å². The van der Waals surface area contributed by atoms with Crippen LogP contribution in [0.2, 0.25) is 0 Å². The van der Waals surface area contributed by atoms with Gasteiger partial charge in [0.1, 0.15) is 0 Å². The summed E-state index contributed by atoms with van der Waals surface area (Å²) in [5.41, 5.74) is 5.38. The quantitative estimate of drug-likeness (QED) is 0.576. The van der Waals surface area contributed by atoms with Gasteiger partial charge in [0, 0.05) is 12.4 Å². The zero-order valence-corrected chi connectivity index (χ0v) is 4.74. The highest BCUT2D eigenvalue weighted by molar-refractivity contribution is 5.92. The maximum absolute atomic E-state index is 10.4. The van der Waals surface area contributed by atoms with Crippen molar-refractivity contribution in [3.8, 4) is 0 Å². The normalized spacial score (nSPS) is 8.89. The van der Waals surface area contributed by atoms with Crippen LogP contribution in [0.15, 0.2) is 24.5 Å². The molecule has 0 saturated heterocycles. The molecule has 46 valence electrons. The van der Waals surface area contributed by atoms with E-state index in [0.29, 0.717) is 5.56 Å². The van der Waals surface area contributed by atoms with E-state index < -0.39 is 5.91 Å². The number of hydrogen-bond donors (Lipinski definition) is 1. The van der Waals surface area contributed by atoms with E-state index in [9.17, 15) is 4.79 Å². The highest BCUT2D eigenvalue weighted by Crippen LogP contribution is 1.91. The predicted octanol–water partition coefficient (Wildman–Crippen LogP) is 0.181. The van der Waals surface area contributed by atoms with Crippen molar-refractivity contribution < 1.29 is 4.79 Å². The molecule has 0 aliphatic heterocycles. The number of nitrogens with zero attached hydrogens (tertiary/aromatic N) is 1. The summed E-state index contributed by atoms with van der Waals surface area (Å²) in [6.45, 7) is 0. The van der Waals surface area contributed by atoms with Crippen LogP contribution >= 0.6 is 0 Å². The number of rotatable bonds is 1. The average molecular weight is 121 g/mol. The lowest BCUT2D eigenvalue weighted by atomic mass is 10.3. The third kappa shape index (κ3) is 1.25. The van der Waals surface area contributed by atoms with Crippen LogP contribution in [0, 0.1) is 0 Å². The Bertz CT molecular complexity index is 208. The minimum atomic E-state index is -0.442. The predicted molar refractivity (Wildman–Crippen MR) is 32.8 cm³/mol. The first-order chi connectivity index (χ1) is 4.30. The Morgan fingerprint density at radius 3 is 2.78 bits per heavy atom. The SMILES string of the molecule is [13NH2]C(=O)c1cccnc1. The molecule has 0 bridgehead atoms. The van der Waals surface area contributed by atoms with Crippen LogP contribution in [0.1, 0.15) is 10.4 Å². The van der Waals surface area contributed by atoms with Crippen molar-refractivity contribution in [2.75, 3.05) is 0 Å². The summed E-state index contributed by atoms with van der Waals surface area (Å²) in [4.78, 5) is 14.1. The summed E-state index contributed by atoms with van der Waals surface area (Å²) >= 11 is 0. The van der Waals surface area contributed by atoms with E-state index in [1.165, 1.54) is 6.20 Å². The topological polar surface area (TPSA) is 56.0 Å². The fourth-order valence-corrected chi connectivity index (χ4v) is 0.509. The van der Waals surface area contributed by atoms with Gasteiger partial charge in [-0.3, -0.25) is 9.78 Å². The van der Waals surface area contributed by atoms with Crippen molar-refractivity contribution in [1.29, 1.82) is 0 Å². The third-order valence-corrected chi connectivity index (χ3v) is 0.946. The Labute approximate surface area is 52.5 Å². The van der Waals surface area contributed by atoms with Crippen LogP contribution in [0.5, 0.6) is 0 Å². The Balaban J connectivity index is 2.98. The second-order valence-corrected chi connectivity index (χ2v) is 1.61. The lowest BCUT2D eigenvalue weighted by molar-refractivity contribution is 0.1000. The molecule has 1 rings (SSSR count). The van der Waals surface area contributed by atoms with Crippen LogP contribution in [-0.4, -0.2) is 10.9 Å². The van der Waals surface area contributed by atoms with Gasteiger partial charge in [-0.2, -0.15) is 0 Å². The largest absolute Gasteiger partial charge is 0.366 e. The number of aromatic nitrogens is 1. The van der Waals surface area contributed by atoms with Crippen molar-refractivity contribution in [1.82, 2.24) is 4.98 Å². The fourth-order valence-electron chi connectivity index (χ4n) is 0.509. The van der Waals surface area contributed by atoms with Gasteiger partial charge in [0.05, 0.1) is 5.56 Å². The average Bonchev–Trinajstić information content (AvgIpc) is 1.90. The Kier molecular flexibility index (Phi) is 1.44. The molecule has 0 fully saturated rings. The van der Waals surface area contributed by atoms with Crippen molar-refractivity contribution >= 4 is 5.91 Å². The molecule has 3 heteroatoms. The van der Waals surface area contributed by atoms with Crippen molar-refractivity contribution in [3.05, 3.63) is 30.1 Å². The van der Waals surface area contributed by atoms with Gasteiger partial charge >= 0.3 is 0 Å². The van der Waals surface area contributed by atoms with Crippen molar-refractivity contribution in [3.63, 3.8) is 0 Å². The molecule has 2 N–H and O–H groups in total. The molecular formula is C6H6N2O. The number of carbonyl (C=O) groups is 1. The molecule has 0 aliphatic rings. The first-order valence-electron chi connectivity index (χ1n) is 2.50. The number of hydrogen-bond acceptors (Lipinski definition) is 2. The summed E-state index contributed by atoms with van der Waals surface area (Å²) in [7, 11) is 0. The molecule has 9 heavy (non-hydrogen) atoms. The number of nitrogens with two attached hydrogens (primary N) is 1. The van der Waals surface area contributed by atoms with E-state index in [1.807, 2.05) is 0 Å². The Morgan fingerprint density at radius 2 is 2.44 bits per heavy atom. The summed E-state index contributed by atoms with van der Waals surface area (Å²) in [6.07, 6.45) is 3.02. The van der Waals surface area contributed by atoms with E-state index in [1.54, 1.807) is 18.3 Å². The number of carbonyl (C=O) groups excluding carboxylic acids is 1. The van der Waals surface area contributed by atoms with Gasteiger partial charge in [-0.05, 0) is 12.1 Å². The molecule has 0 aromatic carbocycles. The molecule has 1 amide bonds. The third-order valence-electron chi connectivity index (χ3n) is 0.946. The van der Waals surface area contributed by atoms with Gasteiger partial charge < -0.3 is 5.73 Å². The maximum Gasteiger partial charge on any atom is 0.250 e.